The fraction of sp³-hybridized carbons (Fsp3) is 0.533. The Hall–Kier alpha value is -1.73. The predicted octanol–water partition coefficient (Wildman–Crippen LogP) is 2.34. The molecule has 0 fully saturated rings. The van der Waals surface area contributed by atoms with Crippen LogP contribution in [-0.2, 0) is 6.42 Å². The van der Waals surface area contributed by atoms with E-state index in [1.165, 1.54) is 5.56 Å². The summed E-state index contributed by atoms with van der Waals surface area (Å²) in [4.78, 5) is 2.17. The molecule has 19 heavy (non-hydrogen) atoms. The third-order valence-corrected chi connectivity index (χ3v) is 3.04. The van der Waals surface area contributed by atoms with Crippen LogP contribution in [0.25, 0.3) is 0 Å². The minimum Gasteiger partial charge on any atom is -0.493 e. The summed E-state index contributed by atoms with van der Waals surface area (Å²) in [5, 5.41) is 8.79. The number of rotatable bonds is 7. The van der Waals surface area contributed by atoms with Crippen molar-refractivity contribution in [2.75, 3.05) is 34.4 Å². The summed E-state index contributed by atoms with van der Waals surface area (Å²) in [6.45, 7) is 3.65. The smallest absolute Gasteiger partial charge is 0.160 e. The van der Waals surface area contributed by atoms with E-state index in [0.29, 0.717) is 0 Å². The highest BCUT2D eigenvalue weighted by atomic mass is 16.5. The molecule has 1 rings (SSSR count). The molecule has 0 bridgehead atoms. The minimum atomic E-state index is 0.0652. The van der Waals surface area contributed by atoms with Crippen molar-refractivity contribution in [2.24, 2.45) is 5.92 Å². The molecule has 0 saturated heterocycles. The SMILES string of the molecule is COc1ccc(CCN(C)CC(C)C#N)cc1OC. The van der Waals surface area contributed by atoms with Gasteiger partial charge in [-0.05, 0) is 38.1 Å². The van der Waals surface area contributed by atoms with Gasteiger partial charge < -0.3 is 14.4 Å². The quantitative estimate of drug-likeness (QED) is 0.756. The van der Waals surface area contributed by atoms with E-state index < -0.39 is 0 Å². The standard InChI is InChI=1S/C15H22N2O2/c1-12(10-16)11-17(2)8-7-13-5-6-14(18-3)15(9-13)19-4/h5-6,9,12H,7-8,11H2,1-4H3. The van der Waals surface area contributed by atoms with E-state index in [4.69, 9.17) is 14.7 Å². The van der Waals surface area contributed by atoms with E-state index >= 15 is 0 Å². The Morgan fingerprint density at radius 3 is 2.53 bits per heavy atom. The van der Waals surface area contributed by atoms with Gasteiger partial charge in [0.2, 0.25) is 0 Å². The molecule has 1 aromatic rings. The topological polar surface area (TPSA) is 45.5 Å². The van der Waals surface area contributed by atoms with Gasteiger partial charge in [0.25, 0.3) is 0 Å². The van der Waals surface area contributed by atoms with Gasteiger partial charge in [0.15, 0.2) is 11.5 Å². The van der Waals surface area contributed by atoms with Crippen LogP contribution in [0.1, 0.15) is 12.5 Å². The largest absolute Gasteiger partial charge is 0.493 e. The highest BCUT2D eigenvalue weighted by Gasteiger charge is 2.07. The molecule has 1 unspecified atom stereocenters. The molecule has 4 heteroatoms. The molecule has 104 valence electrons. The molecule has 0 aromatic heterocycles. The van der Waals surface area contributed by atoms with Crippen LogP contribution in [0.15, 0.2) is 18.2 Å². The molecule has 0 spiro atoms. The molecule has 0 aliphatic rings. The molecular formula is C15H22N2O2. The Morgan fingerprint density at radius 1 is 1.26 bits per heavy atom. The van der Waals surface area contributed by atoms with Crippen LogP contribution >= 0.6 is 0 Å². The lowest BCUT2D eigenvalue weighted by Gasteiger charge is -2.18. The monoisotopic (exact) mass is 262 g/mol. The second-order valence-corrected chi connectivity index (χ2v) is 4.73. The maximum Gasteiger partial charge on any atom is 0.160 e. The van der Waals surface area contributed by atoms with Crippen molar-refractivity contribution in [2.45, 2.75) is 13.3 Å². The highest BCUT2D eigenvalue weighted by Crippen LogP contribution is 2.27. The van der Waals surface area contributed by atoms with E-state index in [1.807, 2.05) is 32.2 Å². The third-order valence-electron chi connectivity index (χ3n) is 3.04. The van der Waals surface area contributed by atoms with E-state index in [0.717, 1.165) is 31.0 Å². The van der Waals surface area contributed by atoms with Crippen LogP contribution in [-0.4, -0.2) is 39.3 Å². The molecule has 4 nitrogen and oxygen atoms in total. The van der Waals surface area contributed by atoms with Crippen molar-refractivity contribution in [3.8, 4) is 17.6 Å². The molecular weight excluding hydrogens is 240 g/mol. The number of likely N-dealkylation sites (N-methyl/N-ethyl adjacent to an activating group) is 1. The summed E-state index contributed by atoms with van der Waals surface area (Å²) in [5.41, 5.74) is 1.20. The Balaban J connectivity index is 2.56. The minimum absolute atomic E-state index is 0.0652. The summed E-state index contributed by atoms with van der Waals surface area (Å²) in [6.07, 6.45) is 0.926. The van der Waals surface area contributed by atoms with Crippen molar-refractivity contribution in [3.63, 3.8) is 0 Å². The first kappa shape index (κ1) is 15.3. The van der Waals surface area contributed by atoms with Gasteiger partial charge in [0.05, 0.1) is 26.2 Å². The van der Waals surface area contributed by atoms with Crippen molar-refractivity contribution >= 4 is 0 Å². The zero-order valence-electron chi connectivity index (χ0n) is 12.1. The Labute approximate surface area is 115 Å². The molecule has 0 N–H and O–H groups in total. The van der Waals surface area contributed by atoms with Gasteiger partial charge in [-0.3, -0.25) is 0 Å². The lowest BCUT2D eigenvalue weighted by atomic mass is 10.1. The number of hydrogen-bond donors (Lipinski definition) is 0. The van der Waals surface area contributed by atoms with E-state index in [1.54, 1.807) is 14.2 Å². The highest BCUT2D eigenvalue weighted by molar-refractivity contribution is 5.42. The van der Waals surface area contributed by atoms with E-state index in [-0.39, 0.29) is 5.92 Å². The average Bonchev–Trinajstić information content (AvgIpc) is 2.44. The number of benzene rings is 1. The fourth-order valence-corrected chi connectivity index (χ4v) is 1.96. The molecule has 0 heterocycles. The van der Waals surface area contributed by atoms with E-state index in [9.17, 15) is 0 Å². The zero-order valence-corrected chi connectivity index (χ0v) is 12.1. The van der Waals surface area contributed by atoms with Gasteiger partial charge in [0.1, 0.15) is 0 Å². The average molecular weight is 262 g/mol. The molecule has 0 aliphatic heterocycles. The van der Waals surface area contributed by atoms with Crippen molar-refractivity contribution in [1.29, 1.82) is 5.26 Å². The second kappa shape index (κ2) is 7.65. The Morgan fingerprint density at radius 2 is 1.95 bits per heavy atom. The maximum atomic E-state index is 8.79. The van der Waals surface area contributed by atoms with Gasteiger partial charge in [-0.15, -0.1) is 0 Å². The van der Waals surface area contributed by atoms with Gasteiger partial charge >= 0.3 is 0 Å². The Kier molecular flexibility index (Phi) is 6.17. The van der Waals surface area contributed by atoms with Crippen molar-refractivity contribution in [3.05, 3.63) is 23.8 Å². The van der Waals surface area contributed by atoms with Crippen LogP contribution in [0.5, 0.6) is 11.5 Å². The molecule has 1 aromatic carbocycles. The fourth-order valence-electron chi connectivity index (χ4n) is 1.96. The van der Waals surface area contributed by atoms with Crippen LogP contribution in [0.4, 0.5) is 0 Å². The van der Waals surface area contributed by atoms with Gasteiger partial charge in [-0.2, -0.15) is 5.26 Å². The van der Waals surface area contributed by atoms with Crippen molar-refractivity contribution < 1.29 is 9.47 Å². The normalized spacial score (nSPS) is 12.0. The molecule has 0 amide bonds. The molecule has 0 radical (unpaired) electrons. The zero-order chi connectivity index (χ0) is 14.3. The number of methoxy groups -OCH3 is 2. The first-order valence-corrected chi connectivity index (χ1v) is 6.39. The van der Waals surface area contributed by atoms with Gasteiger partial charge in [-0.1, -0.05) is 6.07 Å². The third kappa shape index (κ3) is 4.80. The summed E-state index contributed by atoms with van der Waals surface area (Å²) in [6, 6.07) is 8.22. The summed E-state index contributed by atoms with van der Waals surface area (Å²) in [5.74, 6) is 1.57. The van der Waals surface area contributed by atoms with Crippen LogP contribution in [0, 0.1) is 17.2 Å². The van der Waals surface area contributed by atoms with E-state index in [2.05, 4.69) is 11.0 Å². The number of hydrogen-bond acceptors (Lipinski definition) is 4. The number of nitriles is 1. The van der Waals surface area contributed by atoms with Crippen molar-refractivity contribution in [1.82, 2.24) is 4.90 Å². The molecule has 0 saturated carbocycles. The van der Waals surface area contributed by atoms with Gasteiger partial charge in [-0.25, -0.2) is 0 Å². The summed E-state index contributed by atoms with van der Waals surface area (Å²) < 4.78 is 10.5. The maximum absolute atomic E-state index is 8.79. The molecule has 1 atom stereocenters. The first-order valence-electron chi connectivity index (χ1n) is 6.39. The van der Waals surface area contributed by atoms with Gasteiger partial charge in [0, 0.05) is 13.1 Å². The summed E-state index contributed by atoms with van der Waals surface area (Å²) in [7, 11) is 5.31. The lowest BCUT2D eigenvalue weighted by molar-refractivity contribution is 0.313. The number of nitrogens with zero attached hydrogens (tertiary/aromatic N) is 2. The predicted molar refractivity (Wildman–Crippen MR) is 75.5 cm³/mol. The van der Waals surface area contributed by atoms with Crippen LogP contribution in [0.3, 0.4) is 0 Å². The lowest BCUT2D eigenvalue weighted by Crippen LogP contribution is -2.26. The van der Waals surface area contributed by atoms with Crippen LogP contribution in [0.2, 0.25) is 0 Å². The number of ether oxygens (including phenoxy) is 2. The summed E-state index contributed by atoms with van der Waals surface area (Å²) >= 11 is 0. The first-order chi connectivity index (χ1) is 9.10. The van der Waals surface area contributed by atoms with Crippen LogP contribution < -0.4 is 9.47 Å². The molecule has 0 aliphatic carbocycles. The Bertz CT molecular complexity index is 440. The second-order valence-electron chi connectivity index (χ2n) is 4.73.